The number of anilines is 1. The van der Waals surface area contributed by atoms with Crippen LogP contribution in [0, 0.1) is 0 Å². The number of aromatic nitrogens is 2. The van der Waals surface area contributed by atoms with Crippen LogP contribution in [0.3, 0.4) is 0 Å². The van der Waals surface area contributed by atoms with Crippen molar-refractivity contribution in [2.45, 2.75) is 52.5 Å². The van der Waals surface area contributed by atoms with E-state index in [0.29, 0.717) is 0 Å². The van der Waals surface area contributed by atoms with Crippen molar-refractivity contribution in [3.8, 4) is 0 Å². The van der Waals surface area contributed by atoms with Gasteiger partial charge in [-0.25, -0.2) is 4.98 Å². The van der Waals surface area contributed by atoms with E-state index in [1.807, 2.05) is 92.3 Å². The molecule has 5 nitrogen and oxygen atoms in total. The first-order chi connectivity index (χ1) is 14.1. The highest BCUT2D eigenvalue weighted by atomic mass is 15.4. The molecule has 158 valence electrons. The zero-order valence-corrected chi connectivity index (χ0v) is 18.5. The lowest BCUT2D eigenvalue weighted by atomic mass is 10.1. The molecule has 1 aromatic heterocycles. The summed E-state index contributed by atoms with van der Waals surface area (Å²) in [5, 5.41) is 6.15. The van der Waals surface area contributed by atoms with Gasteiger partial charge in [0.05, 0.1) is 23.9 Å². The molecule has 1 aromatic carbocycles. The third-order valence-electron chi connectivity index (χ3n) is 4.41. The van der Waals surface area contributed by atoms with E-state index in [4.69, 9.17) is 0 Å². The summed E-state index contributed by atoms with van der Waals surface area (Å²) in [7, 11) is 3.85. The van der Waals surface area contributed by atoms with E-state index in [9.17, 15) is 0 Å². The van der Waals surface area contributed by atoms with Crippen molar-refractivity contribution in [2.75, 3.05) is 19.1 Å². The number of rotatable bonds is 11. The van der Waals surface area contributed by atoms with Crippen molar-refractivity contribution in [3.63, 3.8) is 0 Å². The summed E-state index contributed by atoms with van der Waals surface area (Å²) in [4.78, 5) is 5.92. The molecule has 0 amide bonds. The molecule has 0 radical (unpaired) electrons. The van der Waals surface area contributed by atoms with Crippen LogP contribution < -0.4 is 5.01 Å². The number of aryl methyl sites for hydroxylation is 1. The van der Waals surface area contributed by atoms with E-state index in [2.05, 4.69) is 28.2 Å². The van der Waals surface area contributed by atoms with E-state index < -0.39 is 0 Å². The zero-order chi connectivity index (χ0) is 21.3. The Bertz CT molecular complexity index is 704. The number of nitrogens with zero attached hydrogens (tertiary/aromatic N) is 5. The van der Waals surface area contributed by atoms with Gasteiger partial charge in [-0.3, -0.25) is 5.01 Å². The van der Waals surface area contributed by atoms with Gasteiger partial charge in [-0.1, -0.05) is 63.5 Å². The van der Waals surface area contributed by atoms with Crippen LogP contribution in [-0.4, -0.2) is 34.8 Å². The van der Waals surface area contributed by atoms with Crippen LogP contribution in [0.1, 0.15) is 46.0 Å². The maximum absolute atomic E-state index is 4.33. The highest BCUT2D eigenvalue weighted by Gasteiger charge is 1.97. The average Bonchev–Trinajstić information content (AvgIpc) is 3.26. The first kappa shape index (κ1) is 24.2. The lowest BCUT2D eigenvalue weighted by Crippen LogP contribution is -2.13. The summed E-state index contributed by atoms with van der Waals surface area (Å²) in [6.07, 6.45) is 18.1. The lowest BCUT2D eigenvalue weighted by molar-refractivity contribution is 0.568. The Morgan fingerprint density at radius 2 is 1.86 bits per heavy atom. The van der Waals surface area contributed by atoms with Crippen LogP contribution in [0.4, 0.5) is 5.69 Å². The molecule has 0 fully saturated rings. The van der Waals surface area contributed by atoms with Gasteiger partial charge in [-0.05, 0) is 31.7 Å². The standard InChI is InChI=1S/C14H19N3.C10H18N2/c1-5-11-16(3)13(2)12-15-17(4)14-9-7-6-8-10-14;1-2-3-4-5-6-8-12-9-7-11-10-12/h5-12H,2H2,1,3-4H3;7,9-10H,2-6,8H2,1H3/b11-5-,15-12+;. The van der Waals surface area contributed by atoms with Crippen LogP contribution in [-0.2, 0) is 6.54 Å². The third kappa shape index (κ3) is 10.9. The summed E-state index contributed by atoms with van der Waals surface area (Å²) in [6, 6.07) is 9.98. The van der Waals surface area contributed by atoms with Gasteiger partial charge >= 0.3 is 0 Å². The highest BCUT2D eigenvalue weighted by Crippen LogP contribution is 2.11. The summed E-state index contributed by atoms with van der Waals surface area (Å²) >= 11 is 0. The normalized spacial score (nSPS) is 10.8. The molecule has 0 N–H and O–H groups in total. The van der Waals surface area contributed by atoms with Crippen molar-refractivity contribution in [3.05, 3.63) is 73.6 Å². The molecule has 0 aliphatic heterocycles. The van der Waals surface area contributed by atoms with Crippen molar-refractivity contribution in [2.24, 2.45) is 5.10 Å². The maximum atomic E-state index is 4.33. The van der Waals surface area contributed by atoms with Gasteiger partial charge in [-0.15, -0.1) is 0 Å². The topological polar surface area (TPSA) is 36.7 Å². The Hall–Kier alpha value is -2.82. The SMILES string of the molecule is C=C(/C=N/N(C)c1ccccc1)N(C)/C=C\C.CCCCCCCn1ccnc1. The van der Waals surface area contributed by atoms with Crippen LogP contribution in [0.5, 0.6) is 0 Å². The van der Waals surface area contributed by atoms with E-state index in [1.165, 1.54) is 32.1 Å². The minimum absolute atomic E-state index is 0.839. The number of hydrogen-bond acceptors (Lipinski definition) is 4. The van der Waals surface area contributed by atoms with Gasteiger partial charge in [0.25, 0.3) is 0 Å². The van der Waals surface area contributed by atoms with E-state index in [-0.39, 0.29) is 0 Å². The molecular weight excluding hydrogens is 358 g/mol. The molecule has 29 heavy (non-hydrogen) atoms. The number of benzene rings is 1. The van der Waals surface area contributed by atoms with Crippen LogP contribution in [0.2, 0.25) is 0 Å². The van der Waals surface area contributed by atoms with E-state index in [0.717, 1.165) is 17.9 Å². The quantitative estimate of drug-likeness (QED) is 0.268. The van der Waals surface area contributed by atoms with Gasteiger partial charge in [0.2, 0.25) is 0 Å². The smallest absolute Gasteiger partial charge is 0.0945 e. The summed E-state index contributed by atoms with van der Waals surface area (Å²) in [5.41, 5.74) is 1.89. The molecule has 0 aliphatic rings. The van der Waals surface area contributed by atoms with Gasteiger partial charge in [0.1, 0.15) is 0 Å². The molecule has 1 heterocycles. The maximum Gasteiger partial charge on any atom is 0.0945 e. The van der Waals surface area contributed by atoms with E-state index >= 15 is 0 Å². The second kappa shape index (κ2) is 15.1. The number of hydrazone groups is 1. The Morgan fingerprint density at radius 3 is 2.48 bits per heavy atom. The summed E-state index contributed by atoms with van der Waals surface area (Å²) in [5.74, 6) is 0. The molecular formula is C24H37N5. The molecule has 0 unspecified atom stereocenters. The molecule has 0 saturated heterocycles. The van der Waals surface area contributed by atoms with Crippen LogP contribution in [0.25, 0.3) is 0 Å². The lowest BCUT2D eigenvalue weighted by Gasteiger charge is -2.15. The minimum Gasteiger partial charge on any atom is -0.351 e. The van der Waals surface area contributed by atoms with Crippen molar-refractivity contribution < 1.29 is 0 Å². The second-order valence-electron chi connectivity index (χ2n) is 6.90. The van der Waals surface area contributed by atoms with Gasteiger partial charge in [0.15, 0.2) is 0 Å². The van der Waals surface area contributed by atoms with Crippen LogP contribution >= 0.6 is 0 Å². The van der Waals surface area contributed by atoms with Gasteiger partial charge < -0.3 is 9.47 Å². The Kier molecular flexibility index (Phi) is 12.6. The Balaban J connectivity index is 0.000000308. The molecule has 2 rings (SSSR count). The fraction of sp³-hybridized carbons (Fsp3) is 0.417. The molecule has 2 aromatic rings. The summed E-state index contributed by atoms with van der Waals surface area (Å²) < 4.78 is 2.14. The predicted octanol–water partition coefficient (Wildman–Crippen LogP) is 5.94. The molecule has 0 spiro atoms. The fourth-order valence-electron chi connectivity index (χ4n) is 2.59. The molecule has 0 bridgehead atoms. The number of para-hydroxylation sites is 1. The molecule has 0 atom stereocenters. The van der Waals surface area contributed by atoms with Gasteiger partial charge in [-0.2, -0.15) is 5.10 Å². The highest BCUT2D eigenvalue weighted by molar-refractivity contribution is 5.78. The first-order valence-electron chi connectivity index (χ1n) is 10.4. The molecule has 0 aliphatic carbocycles. The van der Waals surface area contributed by atoms with Gasteiger partial charge in [0, 0.05) is 33.0 Å². The number of hydrogen-bond donors (Lipinski definition) is 0. The van der Waals surface area contributed by atoms with Crippen molar-refractivity contribution in [1.82, 2.24) is 14.5 Å². The number of unbranched alkanes of at least 4 members (excludes halogenated alkanes) is 4. The molecule has 5 heteroatoms. The number of imidazole rings is 1. The molecule has 0 saturated carbocycles. The Morgan fingerprint density at radius 1 is 1.14 bits per heavy atom. The van der Waals surface area contributed by atoms with E-state index in [1.54, 1.807) is 6.21 Å². The summed E-state index contributed by atoms with van der Waals surface area (Å²) in [6.45, 7) is 9.28. The largest absolute Gasteiger partial charge is 0.351 e. The zero-order valence-electron chi connectivity index (χ0n) is 18.5. The Labute approximate surface area is 177 Å². The van der Waals surface area contributed by atoms with Crippen molar-refractivity contribution >= 4 is 11.9 Å². The fourth-order valence-corrected chi connectivity index (χ4v) is 2.59. The predicted molar refractivity (Wildman–Crippen MR) is 126 cm³/mol. The second-order valence-corrected chi connectivity index (χ2v) is 6.90. The monoisotopic (exact) mass is 395 g/mol. The minimum atomic E-state index is 0.839. The third-order valence-corrected chi connectivity index (χ3v) is 4.41. The number of allylic oxidation sites excluding steroid dienone is 2. The van der Waals surface area contributed by atoms with Crippen LogP contribution in [0.15, 0.2) is 78.7 Å². The first-order valence-corrected chi connectivity index (χ1v) is 10.4. The average molecular weight is 396 g/mol. The van der Waals surface area contributed by atoms with Crippen molar-refractivity contribution in [1.29, 1.82) is 0 Å².